The Morgan fingerprint density at radius 3 is 2.56 bits per heavy atom. The summed E-state index contributed by atoms with van der Waals surface area (Å²) in [5.74, 6) is 0. The van der Waals surface area contributed by atoms with E-state index in [1.165, 1.54) is 14.7 Å². The number of rotatable bonds is 3. The smallest absolute Gasteiger partial charge is 0.0761 e. The summed E-state index contributed by atoms with van der Waals surface area (Å²) in [4.78, 5) is 0. The average Bonchev–Trinajstić information content (AvgIpc) is 2.64. The van der Waals surface area contributed by atoms with Crippen molar-refractivity contribution in [2.24, 2.45) is 0 Å². The Hall–Kier alpha value is 0.860. The van der Waals surface area contributed by atoms with Crippen LogP contribution in [0.4, 0.5) is 0 Å². The molecule has 0 spiro atoms. The van der Waals surface area contributed by atoms with Gasteiger partial charge in [0.2, 0.25) is 0 Å². The lowest BCUT2D eigenvalue weighted by molar-refractivity contribution is 0.688. The maximum atomic E-state index is 6.10. The summed E-state index contributed by atoms with van der Waals surface area (Å²) in [7, 11) is 1.96. The number of benzene rings is 1. The standard InChI is InChI=1S/C12H9Br2ClINS/c1-17-11(8-5-10(13)18-12(8)14)7-4-6(15)2-3-9(7)16/h2-5,11,17H,1H3. The van der Waals surface area contributed by atoms with E-state index in [1.54, 1.807) is 11.3 Å². The molecule has 1 N–H and O–H groups in total. The monoisotopic (exact) mass is 519 g/mol. The van der Waals surface area contributed by atoms with E-state index in [2.05, 4.69) is 65.8 Å². The summed E-state index contributed by atoms with van der Waals surface area (Å²) in [6, 6.07) is 8.23. The molecule has 1 nitrogen and oxygen atoms in total. The number of nitrogens with one attached hydrogen (secondary N) is 1. The van der Waals surface area contributed by atoms with E-state index in [4.69, 9.17) is 11.6 Å². The molecule has 0 aliphatic carbocycles. The Morgan fingerprint density at radius 1 is 1.28 bits per heavy atom. The van der Waals surface area contributed by atoms with Crippen molar-refractivity contribution in [3.63, 3.8) is 0 Å². The molecule has 0 fully saturated rings. The lowest BCUT2D eigenvalue weighted by Crippen LogP contribution is -2.18. The lowest BCUT2D eigenvalue weighted by Gasteiger charge is -2.18. The van der Waals surface area contributed by atoms with Gasteiger partial charge in [0.25, 0.3) is 0 Å². The minimum absolute atomic E-state index is 0.132. The van der Waals surface area contributed by atoms with Gasteiger partial charge in [-0.15, -0.1) is 11.3 Å². The Morgan fingerprint density at radius 2 is 2.00 bits per heavy atom. The molecule has 0 aliphatic heterocycles. The molecule has 1 heterocycles. The minimum Gasteiger partial charge on any atom is -0.309 e. The SMILES string of the molecule is CNC(c1cc(Cl)ccc1I)c1cc(Br)sc1Br. The van der Waals surface area contributed by atoms with Gasteiger partial charge >= 0.3 is 0 Å². The van der Waals surface area contributed by atoms with Crippen molar-refractivity contribution in [3.05, 3.63) is 51.6 Å². The van der Waals surface area contributed by atoms with Gasteiger partial charge < -0.3 is 5.32 Å². The largest absolute Gasteiger partial charge is 0.309 e. The van der Waals surface area contributed by atoms with Crippen LogP contribution in [0.2, 0.25) is 5.02 Å². The van der Waals surface area contributed by atoms with Gasteiger partial charge in [0.15, 0.2) is 0 Å². The quantitative estimate of drug-likeness (QED) is 0.501. The minimum atomic E-state index is 0.132. The fourth-order valence-corrected chi connectivity index (χ4v) is 5.49. The Labute approximate surface area is 146 Å². The lowest BCUT2D eigenvalue weighted by atomic mass is 10.0. The average molecular weight is 521 g/mol. The van der Waals surface area contributed by atoms with Crippen LogP contribution in [-0.2, 0) is 0 Å². The van der Waals surface area contributed by atoms with Gasteiger partial charge in [0.1, 0.15) is 0 Å². The molecule has 0 radical (unpaired) electrons. The van der Waals surface area contributed by atoms with Crippen molar-refractivity contribution in [3.8, 4) is 0 Å². The predicted octanol–water partition coefficient (Wildman–Crippen LogP) is 5.84. The summed E-state index contributed by atoms with van der Waals surface area (Å²) in [6.07, 6.45) is 0. The molecule has 2 aromatic rings. The highest BCUT2D eigenvalue weighted by Crippen LogP contribution is 2.39. The zero-order valence-electron chi connectivity index (χ0n) is 9.31. The molecule has 0 amide bonds. The third-order valence-electron chi connectivity index (χ3n) is 2.55. The molecule has 2 rings (SSSR count). The van der Waals surface area contributed by atoms with Crippen molar-refractivity contribution in [1.82, 2.24) is 5.32 Å². The van der Waals surface area contributed by atoms with Crippen molar-refractivity contribution in [2.45, 2.75) is 6.04 Å². The van der Waals surface area contributed by atoms with E-state index in [1.807, 2.05) is 25.2 Å². The van der Waals surface area contributed by atoms with Gasteiger partial charge in [-0.1, -0.05) is 11.6 Å². The second kappa shape index (κ2) is 6.54. The molecule has 1 unspecified atom stereocenters. The molecule has 1 atom stereocenters. The molecule has 96 valence electrons. The summed E-state index contributed by atoms with van der Waals surface area (Å²) in [5, 5.41) is 4.11. The number of hydrogen-bond donors (Lipinski definition) is 1. The van der Waals surface area contributed by atoms with Gasteiger partial charge in [-0.2, -0.15) is 0 Å². The van der Waals surface area contributed by atoms with Gasteiger partial charge in [-0.3, -0.25) is 0 Å². The van der Waals surface area contributed by atoms with Crippen LogP contribution in [0.5, 0.6) is 0 Å². The first kappa shape index (κ1) is 15.3. The topological polar surface area (TPSA) is 12.0 Å². The highest BCUT2D eigenvalue weighted by molar-refractivity contribution is 14.1. The molecule has 6 heteroatoms. The number of halogens is 4. The third-order valence-corrected chi connectivity index (χ3v) is 6.16. The molecular weight excluding hydrogens is 512 g/mol. The fraction of sp³-hybridized carbons (Fsp3) is 0.167. The van der Waals surface area contributed by atoms with Crippen molar-refractivity contribution in [2.75, 3.05) is 7.05 Å². The van der Waals surface area contributed by atoms with Crippen LogP contribution in [0.25, 0.3) is 0 Å². The van der Waals surface area contributed by atoms with Crippen molar-refractivity contribution in [1.29, 1.82) is 0 Å². The van der Waals surface area contributed by atoms with E-state index < -0.39 is 0 Å². The highest BCUT2D eigenvalue weighted by Gasteiger charge is 2.19. The van der Waals surface area contributed by atoms with Crippen LogP contribution in [-0.4, -0.2) is 7.05 Å². The van der Waals surface area contributed by atoms with Crippen molar-refractivity contribution < 1.29 is 0 Å². The van der Waals surface area contributed by atoms with Crippen LogP contribution < -0.4 is 5.32 Å². The van der Waals surface area contributed by atoms with Crippen LogP contribution in [0.3, 0.4) is 0 Å². The van der Waals surface area contributed by atoms with E-state index in [-0.39, 0.29) is 6.04 Å². The first-order chi connectivity index (χ1) is 8.52. The molecular formula is C12H9Br2ClINS. The van der Waals surface area contributed by atoms with Gasteiger partial charge in [-0.05, 0) is 96.9 Å². The zero-order chi connectivity index (χ0) is 13.3. The first-order valence-corrected chi connectivity index (χ1v) is 8.95. The molecule has 0 saturated carbocycles. The Bertz CT molecular complexity index is 573. The van der Waals surface area contributed by atoms with E-state index >= 15 is 0 Å². The van der Waals surface area contributed by atoms with E-state index in [0.717, 1.165) is 12.6 Å². The van der Waals surface area contributed by atoms with Gasteiger partial charge in [-0.25, -0.2) is 0 Å². The molecule has 0 saturated heterocycles. The Kier molecular flexibility index (Phi) is 5.54. The van der Waals surface area contributed by atoms with Crippen LogP contribution >= 0.6 is 77.4 Å². The molecule has 1 aromatic carbocycles. The molecule has 1 aromatic heterocycles. The fourth-order valence-electron chi connectivity index (χ4n) is 1.76. The third kappa shape index (κ3) is 3.30. The van der Waals surface area contributed by atoms with Gasteiger partial charge in [0, 0.05) is 8.59 Å². The second-order valence-electron chi connectivity index (χ2n) is 3.67. The van der Waals surface area contributed by atoms with Gasteiger partial charge in [0.05, 0.1) is 13.6 Å². The summed E-state index contributed by atoms with van der Waals surface area (Å²) < 4.78 is 3.44. The van der Waals surface area contributed by atoms with Crippen LogP contribution in [0.1, 0.15) is 17.2 Å². The highest BCUT2D eigenvalue weighted by atomic mass is 127. The summed E-state index contributed by atoms with van der Waals surface area (Å²) in [5.41, 5.74) is 2.41. The maximum Gasteiger partial charge on any atom is 0.0761 e. The zero-order valence-corrected chi connectivity index (χ0v) is 16.2. The number of thiophene rings is 1. The van der Waals surface area contributed by atoms with Crippen LogP contribution in [0.15, 0.2) is 31.8 Å². The van der Waals surface area contributed by atoms with E-state index in [0.29, 0.717) is 0 Å². The first-order valence-electron chi connectivity index (χ1n) is 5.10. The van der Waals surface area contributed by atoms with E-state index in [9.17, 15) is 0 Å². The Balaban J connectivity index is 2.51. The molecule has 0 aliphatic rings. The normalized spacial score (nSPS) is 12.7. The second-order valence-corrected chi connectivity index (χ2v) is 9.02. The summed E-state index contributed by atoms with van der Waals surface area (Å²) in [6.45, 7) is 0. The molecule has 0 bridgehead atoms. The predicted molar refractivity (Wildman–Crippen MR) is 94.8 cm³/mol. The molecule has 18 heavy (non-hydrogen) atoms. The maximum absolute atomic E-state index is 6.10. The van der Waals surface area contributed by atoms with Crippen LogP contribution in [0, 0.1) is 3.57 Å². The summed E-state index contributed by atoms with van der Waals surface area (Å²) >= 11 is 17.2. The van der Waals surface area contributed by atoms with Crippen molar-refractivity contribution >= 4 is 77.4 Å². The number of hydrogen-bond acceptors (Lipinski definition) is 2.